The fourth-order valence-electron chi connectivity index (χ4n) is 1.64. The number of hydrogen-bond acceptors (Lipinski definition) is 0. The molecule has 0 radical (unpaired) electrons. The predicted molar refractivity (Wildman–Crippen MR) is 59.8 cm³/mol. The average molecular weight is 384 g/mol. The molecule has 0 atom stereocenters. The lowest BCUT2D eigenvalue weighted by molar-refractivity contribution is 0.382. The quantitative estimate of drug-likeness (QED) is 0.312. The number of halogens is 11. The Labute approximate surface area is 126 Å². The summed E-state index contributed by atoms with van der Waals surface area (Å²) in [5, 5.41) is -4.66. The van der Waals surface area contributed by atoms with E-state index in [9.17, 15) is 48.1 Å². The molecular weight excluding hydrogens is 384 g/mol. The van der Waals surface area contributed by atoms with E-state index in [1.807, 2.05) is 0 Å². The summed E-state index contributed by atoms with van der Waals surface area (Å²) in [5.74, 6) is -27.1. The van der Waals surface area contributed by atoms with Gasteiger partial charge in [-0.1, -0.05) is 0 Å². The normalized spacial score (nSPS) is 11.5. The highest BCUT2D eigenvalue weighted by Crippen LogP contribution is 2.41. The Balaban J connectivity index is 2.84. The van der Waals surface area contributed by atoms with Crippen LogP contribution >= 0.6 is 8.23 Å². The molecule has 0 aliphatic heterocycles. The van der Waals surface area contributed by atoms with Crippen LogP contribution in [0.3, 0.4) is 0 Å². The van der Waals surface area contributed by atoms with Crippen LogP contribution in [0.2, 0.25) is 0 Å². The molecule has 0 bridgehead atoms. The van der Waals surface area contributed by atoms with Crippen LogP contribution < -0.4 is 10.6 Å². The van der Waals surface area contributed by atoms with Crippen molar-refractivity contribution in [3.63, 3.8) is 0 Å². The Morgan fingerprint density at radius 2 is 0.500 bits per heavy atom. The predicted octanol–water partition coefficient (Wildman–Crippen LogP) is 4.39. The molecule has 2 aromatic carbocycles. The van der Waals surface area contributed by atoms with Crippen molar-refractivity contribution in [1.82, 2.24) is 0 Å². The van der Waals surface area contributed by atoms with Crippen LogP contribution in [0.4, 0.5) is 48.1 Å². The zero-order valence-electron chi connectivity index (χ0n) is 10.6. The van der Waals surface area contributed by atoms with Crippen LogP contribution in [0.5, 0.6) is 0 Å². The van der Waals surface area contributed by atoms with Gasteiger partial charge in [-0.05, 0) is 0 Å². The van der Waals surface area contributed by atoms with Gasteiger partial charge >= 0.3 is 0 Å². The van der Waals surface area contributed by atoms with Gasteiger partial charge in [0.15, 0.2) is 54.8 Å². The van der Waals surface area contributed by atoms with Crippen molar-refractivity contribution in [3.8, 4) is 0 Å². The van der Waals surface area contributed by atoms with E-state index in [0.29, 0.717) is 0 Å². The van der Waals surface area contributed by atoms with Gasteiger partial charge in [-0.25, -0.2) is 48.1 Å². The molecule has 2 rings (SSSR count). The molecule has 0 N–H and O–H groups in total. The van der Waals surface area contributed by atoms with Crippen LogP contribution in [0, 0.1) is 58.2 Å². The minimum atomic E-state index is -4.64. The highest BCUT2D eigenvalue weighted by molar-refractivity contribution is 7.68. The molecule has 0 aliphatic rings. The Bertz CT molecular complexity index is 720. The lowest BCUT2D eigenvalue weighted by Crippen LogP contribution is -2.27. The molecule has 0 heterocycles. The van der Waals surface area contributed by atoms with Gasteiger partial charge in [0.05, 0.1) is 10.6 Å². The summed E-state index contributed by atoms with van der Waals surface area (Å²) >= 11 is 0. The van der Waals surface area contributed by atoms with Gasteiger partial charge in [0.25, 0.3) is 0 Å². The molecule has 24 heavy (non-hydrogen) atoms. The van der Waals surface area contributed by atoms with E-state index in [4.69, 9.17) is 0 Å². The maximum atomic E-state index is 14.1. The van der Waals surface area contributed by atoms with Gasteiger partial charge in [0.2, 0.25) is 11.6 Å². The first-order chi connectivity index (χ1) is 11.0. The van der Waals surface area contributed by atoms with E-state index in [0.717, 1.165) is 0 Å². The van der Waals surface area contributed by atoms with Gasteiger partial charge in [-0.15, -0.1) is 0 Å². The van der Waals surface area contributed by atoms with Crippen LogP contribution in [0.1, 0.15) is 0 Å². The minimum Gasteiger partial charge on any atom is -0.216 e. The van der Waals surface area contributed by atoms with E-state index in [1.165, 1.54) is 0 Å². The van der Waals surface area contributed by atoms with Crippen molar-refractivity contribution in [2.45, 2.75) is 0 Å². The Morgan fingerprint density at radius 1 is 0.333 bits per heavy atom. The zero-order valence-corrected chi connectivity index (χ0v) is 11.5. The molecule has 0 saturated carbocycles. The fourth-order valence-corrected chi connectivity index (χ4v) is 2.95. The molecule has 0 spiro atoms. The second-order valence-electron chi connectivity index (χ2n) is 4.12. The van der Waals surface area contributed by atoms with E-state index in [-0.39, 0.29) is 0 Å². The molecule has 0 amide bonds. The third-order valence-electron chi connectivity index (χ3n) is 2.77. The number of hydrogen-bond donors (Lipinski definition) is 0. The lowest BCUT2D eigenvalue weighted by Gasteiger charge is -2.14. The third-order valence-corrected chi connectivity index (χ3v) is 4.34. The number of benzene rings is 2. The number of rotatable bonds is 2. The highest BCUT2D eigenvalue weighted by Gasteiger charge is 2.38. The molecule has 0 nitrogen and oxygen atoms in total. The largest absolute Gasteiger partial charge is 0.216 e. The maximum Gasteiger partial charge on any atom is 0.200 e. The van der Waals surface area contributed by atoms with Gasteiger partial charge in [0, 0.05) is 0 Å². The highest BCUT2D eigenvalue weighted by atomic mass is 31.2. The van der Waals surface area contributed by atoms with Crippen LogP contribution in [0.25, 0.3) is 0 Å². The van der Waals surface area contributed by atoms with E-state index in [1.54, 1.807) is 0 Å². The molecule has 130 valence electrons. The Hall–Kier alpha value is -1.90. The van der Waals surface area contributed by atoms with Crippen molar-refractivity contribution in [1.29, 1.82) is 0 Å². The molecule has 0 aromatic heterocycles. The second kappa shape index (κ2) is 6.19. The molecule has 12 heteroatoms. The molecule has 2 aromatic rings. The first-order valence-electron chi connectivity index (χ1n) is 5.51. The average Bonchev–Trinajstić information content (AvgIpc) is 2.55. The monoisotopic (exact) mass is 384 g/mol. The summed E-state index contributed by atoms with van der Waals surface area (Å²) in [7, 11) is -4.64. The smallest absolute Gasteiger partial charge is 0.200 e. The summed E-state index contributed by atoms with van der Waals surface area (Å²) in [6, 6.07) is 0. The van der Waals surface area contributed by atoms with Gasteiger partial charge in [-0.2, -0.15) is 0 Å². The Morgan fingerprint density at radius 3 is 0.708 bits per heavy atom. The van der Waals surface area contributed by atoms with Crippen molar-refractivity contribution >= 4 is 18.8 Å². The van der Waals surface area contributed by atoms with Gasteiger partial charge < -0.3 is 0 Å². The van der Waals surface area contributed by atoms with Crippen molar-refractivity contribution in [2.75, 3.05) is 0 Å². The van der Waals surface area contributed by atoms with E-state index >= 15 is 0 Å². The minimum absolute atomic E-state index is 2.33. The first kappa shape index (κ1) is 18.4. The lowest BCUT2D eigenvalue weighted by atomic mass is 10.3. The summed E-state index contributed by atoms with van der Waals surface area (Å²) in [4.78, 5) is 0. The SMILES string of the molecule is Fc1c(F)c(F)c(P(F)c2c(F)c(F)c(F)c(F)c2F)c(F)c1F. The molecule has 0 saturated heterocycles. The second-order valence-corrected chi connectivity index (χ2v) is 5.57. The summed E-state index contributed by atoms with van der Waals surface area (Å²) in [5.41, 5.74) is 0. The van der Waals surface area contributed by atoms with Gasteiger partial charge in [-0.3, -0.25) is 0 Å². The molecule has 0 aliphatic carbocycles. The zero-order chi connectivity index (χ0) is 18.5. The topological polar surface area (TPSA) is 0 Å². The Kier molecular flexibility index (Phi) is 4.76. The van der Waals surface area contributed by atoms with Crippen molar-refractivity contribution in [3.05, 3.63) is 58.2 Å². The summed E-state index contributed by atoms with van der Waals surface area (Å²) < 4.78 is 145. The van der Waals surface area contributed by atoms with Crippen LogP contribution in [-0.4, -0.2) is 0 Å². The summed E-state index contributed by atoms with van der Waals surface area (Å²) in [6.45, 7) is 0. The third kappa shape index (κ3) is 2.51. The van der Waals surface area contributed by atoms with Crippen molar-refractivity contribution in [2.24, 2.45) is 0 Å². The van der Waals surface area contributed by atoms with Crippen LogP contribution in [-0.2, 0) is 0 Å². The van der Waals surface area contributed by atoms with Crippen LogP contribution in [0.15, 0.2) is 0 Å². The van der Waals surface area contributed by atoms with Gasteiger partial charge in [0.1, 0.15) is 0 Å². The molecular formula is C12F11P. The molecule has 0 unspecified atom stereocenters. The first-order valence-corrected chi connectivity index (χ1v) is 6.74. The molecule has 0 fully saturated rings. The van der Waals surface area contributed by atoms with E-state index in [2.05, 4.69) is 0 Å². The maximum absolute atomic E-state index is 14.1. The fraction of sp³-hybridized carbons (Fsp3) is 0. The standard InChI is InChI=1S/C12F11P/c13-1-3(15)7(19)11(8(20)4(1)16)24(23)12-9(21)5(17)2(14)6(18)10(12)22. The van der Waals surface area contributed by atoms with E-state index < -0.39 is 77.0 Å². The van der Waals surface area contributed by atoms with Crippen molar-refractivity contribution < 1.29 is 48.1 Å². The summed E-state index contributed by atoms with van der Waals surface area (Å²) in [6.07, 6.45) is 0.